The highest BCUT2D eigenvalue weighted by Gasteiger charge is 2.30. The van der Waals surface area contributed by atoms with Crippen LogP contribution in [0.15, 0.2) is 30.3 Å². The molecule has 2 aliphatic heterocycles. The van der Waals surface area contributed by atoms with Gasteiger partial charge in [-0.25, -0.2) is 0 Å². The van der Waals surface area contributed by atoms with Crippen molar-refractivity contribution in [2.45, 2.75) is 25.3 Å². The Hall–Kier alpha value is -1.53. The fraction of sp³-hybridized carbons (Fsp3) is 0.562. The van der Waals surface area contributed by atoms with Gasteiger partial charge in [0.25, 0.3) is 0 Å². The lowest BCUT2D eigenvalue weighted by Crippen LogP contribution is -2.44. The topological polar surface area (TPSA) is 30.3 Å². The van der Waals surface area contributed by atoms with Gasteiger partial charge in [-0.05, 0) is 37.9 Å². The molecule has 3 nitrogen and oxygen atoms in total. The van der Waals surface area contributed by atoms with E-state index in [0.717, 1.165) is 32.6 Å². The van der Waals surface area contributed by atoms with Crippen LogP contribution in [0.1, 0.15) is 19.3 Å². The van der Waals surface area contributed by atoms with Crippen LogP contribution in [0.5, 0.6) is 0 Å². The van der Waals surface area contributed by atoms with Gasteiger partial charge in [0.15, 0.2) is 0 Å². The second-order valence-corrected chi connectivity index (χ2v) is 5.66. The molecule has 0 aromatic heterocycles. The summed E-state index contributed by atoms with van der Waals surface area (Å²) in [7, 11) is 0. The monoisotopic (exact) mass is 255 g/mol. The van der Waals surface area contributed by atoms with Gasteiger partial charge in [0, 0.05) is 31.4 Å². The second kappa shape index (κ2) is 5.63. The van der Waals surface area contributed by atoms with Crippen molar-refractivity contribution in [3.8, 4) is 6.07 Å². The predicted octanol–water partition coefficient (Wildman–Crippen LogP) is 2.50. The number of nitrogens with zero attached hydrogens (tertiary/aromatic N) is 3. The van der Waals surface area contributed by atoms with Crippen molar-refractivity contribution in [3.63, 3.8) is 0 Å². The van der Waals surface area contributed by atoms with Crippen LogP contribution in [0.4, 0.5) is 5.69 Å². The van der Waals surface area contributed by atoms with Crippen LogP contribution in [0.2, 0.25) is 0 Å². The van der Waals surface area contributed by atoms with Gasteiger partial charge in [0.2, 0.25) is 0 Å². The van der Waals surface area contributed by atoms with Crippen molar-refractivity contribution >= 4 is 5.69 Å². The zero-order valence-corrected chi connectivity index (χ0v) is 11.3. The maximum atomic E-state index is 8.99. The summed E-state index contributed by atoms with van der Waals surface area (Å²) in [6, 6.07) is 13.8. The quantitative estimate of drug-likeness (QED) is 0.813. The molecule has 1 unspecified atom stereocenters. The number of rotatable bonds is 2. The highest BCUT2D eigenvalue weighted by atomic mass is 15.2. The van der Waals surface area contributed by atoms with Crippen molar-refractivity contribution < 1.29 is 0 Å². The molecule has 3 heteroatoms. The fourth-order valence-corrected chi connectivity index (χ4v) is 3.35. The molecule has 0 bridgehead atoms. The Labute approximate surface area is 115 Å². The van der Waals surface area contributed by atoms with Gasteiger partial charge >= 0.3 is 0 Å². The minimum absolute atomic E-state index is 0.271. The Morgan fingerprint density at radius 2 is 1.74 bits per heavy atom. The summed E-state index contributed by atoms with van der Waals surface area (Å²) in [6.07, 6.45) is 3.52. The molecule has 0 N–H and O–H groups in total. The van der Waals surface area contributed by atoms with E-state index in [4.69, 9.17) is 5.26 Å². The minimum Gasteiger partial charge on any atom is -0.371 e. The highest BCUT2D eigenvalue weighted by molar-refractivity contribution is 5.46. The molecule has 2 fully saturated rings. The average Bonchev–Trinajstić information content (AvgIpc) is 2.97. The SMILES string of the molecule is N#CC1CCN(C2CCN(c3ccccc3)CC2)C1. The summed E-state index contributed by atoms with van der Waals surface area (Å²) in [4.78, 5) is 5.02. The standard InChI is InChI=1S/C16H21N3/c17-12-14-6-9-19(13-14)16-7-10-18(11-8-16)15-4-2-1-3-5-15/h1-5,14,16H,6-11,13H2. The fourth-order valence-electron chi connectivity index (χ4n) is 3.35. The lowest BCUT2D eigenvalue weighted by atomic mass is 10.0. The van der Waals surface area contributed by atoms with E-state index >= 15 is 0 Å². The number of hydrogen-bond donors (Lipinski definition) is 0. The predicted molar refractivity (Wildman–Crippen MR) is 77.0 cm³/mol. The Kier molecular flexibility index (Phi) is 3.70. The first-order valence-corrected chi connectivity index (χ1v) is 7.30. The number of nitriles is 1. The summed E-state index contributed by atoms with van der Waals surface area (Å²) >= 11 is 0. The second-order valence-electron chi connectivity index (χ2n) is 5.66. The first-order chi connectivity index (χ1) is 9.36. The lowest BCUT2D eigenvalue weighted by Gasteiger charge is -2.37. The number of anilines is 1. The Morgan fingerprint density at radius 3 is 2.37 bits per heavy atom. The maximum Gasteiger partial charge on any atom is 0.0669 e. The zero-order valence-electron chi connectivity index (χ0n) is 11.3. The lowest BCUT2D eigenvalue weighted by molar-refractivity contribution is 0.204. The van der Waals surface area contributed by atoms with Crippen LogP contribution in [-0.2, 0) is 0 Å². The third-order valence-electron chi connectivity index (χ3n) is 4.50. The summed E-state index contributed by atoms with van der Waals surface area (Å²) in [6.45, 7) is 4.39. The molecule has 0 aliphatic carbocycles. The van der Waals surface area contributed by atoms with Gasteiger partial charge in [-0.2, -0.15) is 5.26 Å². The molecule has 19 heavy (non-hydrogen) atoms. The number of benzene rings is 1. The van der Waals surface area contributed by atoms with Crippen LogP contribution in [0, 0.1) is 17.2 Å². The van der Waals surface area contributed by atoms with Gasteiger partial charge in [-0.1, -0.05) is 18.2 Å². The van der Waals surface area contributed by atoms with Crippen LogP contribution in [0.3, 0.4) is 0 Å². The molecular formula is C16H21N3. The first-order valence-electron chi connectivity index (χ1n) is 7.30. The van der Waals surface area contributed by atoms with E-state index in [-0.39, 0.29) is 5.92 Å². The average molecular weight is 255 g/mol. The third-order valence-corrected chi connectivity index (χ3v) is 4.50. The highest BCUT2D eigenvalue weighted by Crippen LogP contribution is 2.26. The van der Waals surface area contributed by atoms with Gasteiger partial charge in [-0.15, -0.1) is 0 Å². The van der Waals surface area contributed by atoms with Gasteiger partial charge < -0.3 is 4.90 Å². The summed E-state index contributed by atoms with van der Waals surface area (Å²) in [5.41, 5.74) is 1.34. The molecule has 2 heterocycles. The molecule has 2 aliphatic rings. The van der Waals surface area contributed by atoms with Crippen molar-refractivity contribution in [1.82, 2.24) is 4.90 Å². The molecule has 100 valence electrons. The van der Waals surface area contributed by atoms with Crippen LogP contribution < -0.4 is 4.90 Å². The Balaban J connectivity index is 1.54. The molecule has 1 aromatic carbocycles. The minimum atomic E-state index is 0.271. The third kappa shape index (κ3) is 2.74. The summed E-state index contributed by atoms with van der Waals surface area (Å²) in [5, 5.41) is 8.99. The zero-order chi connectivity index (χ0) is 13.1. The van der Waals surface area contributed by atoms with E-state index in [1.54, 1.807) is 0 Å². The van der Waals surface area contributed by atoms with E-state index < -0.39 is 0 Å². The van der Waals surface area contributed by atoms with Crippen molar-refractivity contribution in [2.75, 3.05) is 31.1 Å². The molecular weight excluding hydrogens is 234 g/mol. The summed E-state index contributed by atoms with van der Waals surface area (Å²) in [5.74, 6) is 0.271. The Bertz CT molecular complexity index is 443. The van der Waals surface area contributed by atoms with E-state index in [0.29, 0.717) is 6.04 Å². The van der Waals surface area contributed by atoms with Gasteiger partial charge in [0.05, 0.1) is 12.0 Å². The summed E-state index contributed by atoms with van der Waals surface area (Å²) < 4.78 is 0. The first kappa shape index (κ1) is 12.5. The number of para-hydroxylation sites is 1. The molecule has 0 amide bonds. The van der Waals surface area contributed by atoms with E-state index in [2.05, 4.69) is 46.2 Å². The van der Waals surface area contributed by atoms with Crippen molar-refractivity contribution in [1.29, 1.82) is 5.26 Å². The maximum absolute atomic E-state index is 8.99. The largest absolute Gasteiger partial charge is 0.371 e. The molecule has 0 radical (unpaired) electrons. The molecule has 2 saturated heterocycles. The van der Waals surface area contributed by atoms with Crippen molar-refractivity contribution in [2.24, 2.45) is 5.92 Å². The number of likely N-dealkylation sites (tertiary alicyclic amines) is 1. The van der Waals surface area contributed by atoms with E-state index in [1.165, 1.54) is 18.5 Å². The Morgan fingerprint density at radius 1 is 1.00 bits per heavy atom. The molecule has 0 saturated carbocycles. The smallest absolute Gasteiger partial charge is 0.0669 e. The van der Waals surface area contributed by atoms with Crippen LogP contribution in [0.25, 0.3) is 0 Å². The molecule has 3 rings (SSSR count). The number of hydrogen-bond acceptors (Lipinski definition) is 3. The van der Waals surface area contributed by atoms with E-state index in [9.17, 15) is 0 Å². The van der Waals surface area contributed by atoms with Crippen LogP contribution >= 0.6 is 0 Å². The molecule has 1 aromatic rings. The van der Waals surface area contributed by atoms with Gasteiger partial charge in [-0.3, -0.25) is 4.90 Å². The molecule has 0 spiro atoms. The van der Waals surface area contributed by atoms with E-state index in [1.807, 2.05) is 0 Å². The van der Waals surface area contributed by atoms with Crippen molar-refractivity contribution in [3.05, 3.63) is 30.3 Å². The normalized spacial score (nSPS) is 25.4. The number of piperidine rings is 1. The van der Waals surface area contributed by atoms with Gasteiger partial charge in [0.1, 0.15) is 0 Å². The molecule has 1 atom stereocenters. The van der Waals surface area contributed by atoms with Crippen LogP contribution in [-0.4, -0.2) is 37.1 Å².